The van der Waals surface area contributed by atoms with E-state index in [9.17, 15) is 20.0 Å². The van der Waals surface area contributed by atoms with Crippen molar-refractivity contribution in [1.82, 2.24) is 9.80 Å². The SMILES string of the molecule is O=C(c1cc([N+](=O)[O-])ccc1Oc1ccccc1)N1CCC(N2CC(O)C2)C1. The summed E-state index contributed by atoms with van der Waals surface area (Å²) in [6, 6.07) is 13.3. The third-order valence-electron chi connectivity index (χ3n) is 5.23. The van der Waals surface area contributed by atoms with Crippen molar-refractivity contribution in [2.45, 2.75) is 18.6 Å². The molecule has 2 aliphatic rings. The van der Waals surface area contributed by atoms with Crippen LogP contribution < -0.4 is 4.74 Å². The van der Waals surface area contributed by atoms with E-state index in [4.69, 9.17) is 4.74 Å². The van der Waals surface area contributed by atoms with Crippen LogP contribution in [0.2, 0.25) is 0 Å². The molecule has 8 nitrogen and oxygen atoms in total. The molecule has 0 aliphatic carbocycles. The summed E-state index contributed by atoms with van der Waals surface area (Å²) >= 11 is 0. The predicted octanol–water partition coefficient (Wildman–Crippen LogP) is 2.28. The van der Waals surface area contributed by atoms with Crippen LogP contribution in [0.1, 0.15) is 16.8 Å². The van der Waals surface area contributed by atoms with Gasteiger partial charge < -0.3 is 14.7 Å². The van der Waals surface area contributed by atoms with Gasteiger partial charge in [-0.25, -0.2) is 0 Å². The quantitative estimate of drug-likeness (QED) is 0.629. The second kappa shape index (κ2) is 7.57. The largest absolute Gasteiger partial charge is 0.457 e. The number of aliphatic hydroxyl groups excluding tert-OH is 1. The summed E-state index contributed by atoms with van der Waals surface area (Å²) in [4.78, 5) is 27.7. The highest BCUT2D eigenvalue weighted by Gasteiger charge is 2.37. The van der Waals surface area contributed by atoms with Crippen molar-refractivity contribution in [3.05, 3.63) is 64.2 Å². The number of ether oxygens (including phenoxy) is 1. The maximum atomic E-state index is 13.1. The average Bonchev–Trinajstić information content (AvgIpc) is 3.15. The molecule has 2 heterocycles. The molecule has 0 radical (unpaired) electrons. The minimum atomic E-state index is -0.517. The van der Waals surface area contributed by atoms with E-state index in [-0.39, 0.29) is 29.3 Å². The van der Waals surface area contributed by atoms with Gasteiger partial charge in [0.1, 0.15) is 11.5 Å². The average molecular weight is 383 g/mol. The molecule has 2 aliphatic heterocycles. The zero-order valence-corrected chi connectivity index (χ0v) is 15.2. The van der Waals surface area contributed by atoms with Crippen molar-refractivity contribution < 1.29 is 19.6 Å². The van der Waals surface area contributed by atoms with Crippen LogP contribution in [0.25, 0.3) is 0 Å². The number of hydrogen-bond donors (Lipinski definition) is 1. The molecule has 146 valence electrons. The van der Waals surface area contributed by atoms with E-state index in [1.807, 2.05) is 18.2 Å². The number of aliphatic hydroxyl groups is 1. The first kappa shape index (κ1) is 18.4. The van der Waals surface area contributed by atoms with Gasteiger partial charge in [0, 0.05) is 44.4 Å². The van der Waals surface area contributed by atoms with Gasteiger partial charge in [-0.15, -0.1) is 0 Å². The summed E-state index contributed by atoms with van der Waals surface area (Å²) < 4.78 is 5.83. The van der Waals surface area contributed by atoms with Gasteiger partial charge in [-0.3, -0.25) is 19.8 Å². The Morgan fingerprint density at radius 2 is 1.89 bits per heavy atom. The van der Waals surface area contributed by atoms with E-state index in [2.05, 4.69) is 4.90 Å². The lowest BCUT2D eigenvalue weighted by Gasteiger charge is -2.40. The highest BCUT2D eigenvalue weighted by molar-refractivity contribution is 5.98. The normalized spacial score (nSPS) is 20.0. The van der Waals surface area contributed by atoms with Crippen molar-refractivity contribution in [3.63, 3.8) is 0 Å². The Morgan fingerprint density at radius 1 is 1.14 bits per heavy atom. The number of amides is 1. The number of carbonyl (C=O) groups excluding carboxylic acids is 1. The molecule has 28 heavy (non-hydrogen) atoms. The molecule has 1 unspecified atom stereocenters. The maximum Gasteiger partial charge on any atom is 0.270 e. The van der Waals surface area contributed by atoms with E-state index in [1.54, 1.807) is 17.0 Å². The zero-order valence-electron chi connectivity index (χ0n) is 15.2. The van der Waals surface area contributed by atoms with Gasteiger partial charge in [0.15, 0.2) is 0 Å². The standard InChI is InChI=1S/C20H21N3O5/c24-16-12-22(13-16)15-8-9-21(11-15)20(25)18-10-14(23(26)27)6-7-19(18)28-17-4-2-1-3-5-17/h1-7,10,15-16,24H,8-9,11-13H2. The Morgan fingerprint density at radius 3 is 2.57 bits per heavy atom. The number of β-amino-alcohol motifs (C(OH)–C–C–N with tert-alkyl or cyclic N) is 1. The second-order valence-electron chi connectivity index (χ2n) is 7.15. The Bertz CT molecular complexity index is 883. The van der Waals surface area contributed by atoms with E-state index < -0.39 is 4.92 Å². The van der Waals surface area contributed by atoms with Crippen LogP contribution in [-0.4, -0.2) is 64.1 Å². The van der Waals surface area contributed by atoms with Crippen molar-refractivity contribution in [3.8, 4) is 11.5 Å². The summed E-state index contributed by atoms with van der Waals surface area (Å²) in [5.41, 5.74) is 0.0349. The maximum absolute atomic E-state index is 13.1. The summed E-state index contributed by atoms with van der Waals surface area (Å²) in [5.74, 6) is 0.571. The number of hydrogen-bond acceptors (Lipinski definition) is 6. The second-order valence-corrected chi connectivity index (χ2v) is 7.15. The summed E-state index contributed by atoms with van der Waals surface area (Å²) in [6.07, 6.45) is 0.537. The molecule has 2 saturated heterocycles. The minimum absolute atomic E-state index is 0.148. The van der Waals surface area contributed by atoms with Gasteiger partial charge in [0.05, 0.1) is 16.6 Å². The van der Waals surface area contributed by atoms with Crippen LogP contribution in [-0.2, 0) is 0 Å². The first-order valence-electron chi connectivity index (χ1n) is 9.24. The zero-order chi connectivity index (χ0) is 19.7. The highest BCUT2D eigenvalue weighted by Crippen LogP contribution is 2.31. The van der Waals surface area contributed by atoms with Crippen LogP contribution in [0.4, 0.5) is 5.69 Å². The Labute approximate surface area is 162 Å². The predicted molar refractivity (Wildman–Crippen MR) is 102 cm³/mol. The fourth-order valence-corrected chi connectivity index (χ4v) is 3.68. The smallest absolute Gasteiger partial charge is 0.270 e. The number of benzene rings is 2. The molecule has 0 saturated carbocycles. The third kappa shape index (κ3) is 3.69. The molecular formula is C20H21N3O5. The van der Waals surface area contributed by atoms with Crippen LogP contribution in [0.5, 0.6) is 11.5 Å². The topological polar surface area (TPSA) is 96.1 Å². The molecule has 0 aromatic heterocycles. The number of non-ortho nitro benzene ring substituents is 1. The number of para-hydroxylation sites is 1. The van der Waals surface area contributed by atoms with E-state index in [0.717, 1.165) is 6.42 Å². The molecule has 0 bridgehead atoms. The van der Waals surface area contributed by atoms with Gasteiger partial charge in [-0.1, -0.05) is 18.2 Å². The lowest BCUT2D eigenvalue weighted by molar-refractivity contribution is -0.384. The van der Waals surface area contributed by atoms with Gasteiger partial charge in [-0.05, 0) is 24.6 Å². The molecular weight excluding hydrogens is 362 g/mol. The van der Waals surface area contributed by atoms with Crippen molar-refractivity contribution in [2.24, 2.45) is 0 Å². The van der Waals surface area contributed by atoms with Gasteiger partial charge in [0.2, 0.25) is 0 Å². The lowest BCUT2D eigenvalue weighted by atomic mass is 10.1. The fraction of sp³-hybridized carbons (Fsp3) is 0.350. The van der Waals surface area contributed by atoms with Gasteiger partial charge in [-0.2, -0.15) is 0 Å². The number of rotatable bonds is 5. The van der Waals surface area contributed by atoms with Gasteiger partial charge >= 0.3 is 0 Å². The number of likely N-dealkylation sites (tertiary alicyclic amines) is 2. The van der Waals surface area contributed by atoms with Crippen molar-refractivity contribution in [1.29, 1.82) is 0 Å². The molecule has 2 aromatic carbocycles. The Balaban J connectivity index is 1.56. The van der Waals surface area contributed by atoms with E-state index in [0.29, 0.717) is 37.7 Å². The monoisotopic (exact) mass is 383 g/mol. The summed E-state index contributed by atoms with van der Waals surface area (Å²) in [5, 5.41) is 20.7. The first-order valence-corrected chi connectivity index (χ1v) is 9.24. The van der Waals surface area contributed by atoms with Crippen molar-refractivity contribution in [2.75, 3.05) is 26.2 Å². The Kier molecular flexibility index (Phi) is 4.97. The van der Waals surface area contributed by atoms with Crippen LogP contribution in [0.15, 0.2) is 48.5 Å². The fourth-order valence-electron chi connectivity index (χ4n) is 3.68. The molecule has 1 atom stereocenters. The number of nitrogens with zero attached hydrogens (tertiary/aromatic N) is 3. The number of nitro groups is 1. The lowest BCUT2D eigenvalue weighted by Crippen LogP contribution is -2.56. The molecule has 1 amide bonds. The van der Waals surface area contributed by atoms with E-state index >= 15 is 0 Å². The number of nitro benzene ring substituents is 1. The highest BCUT2D eigenvalue weighted by atomic mass is 16.6. The minimum Gasteiger partial charge on any atom is -0.457 e. The third-order valence-corrected chi connectivity index (χ3v) is 5.23. The first-order chi connectivity index (χ1) is 13.5. The molecule has 4 rings (SSSR count). The van der Waals surface area contributed by atoms with Crippen LogP contribution >= 0.6 is 0 Å². The van der Waals surface area contributed by atoms with Crippen LogP contribution in [0, 0.1) is 10.1 Å². The molecule has 2 aromatic rings. The molecule has 2 fully saturated rings. The molecule has 0 spiro atoms. The number of carbonyl (C=O) groups is 1. The summed E-state index contributed by atoms with van der Waals surface area (Å²) in [7, 11) is 0. The van der Waals surface area contributed by atoms with Gasteiger partial charge in [0.25, 0.3) is 11.6 Å². The van der Waals surface area contributed by atoms with Crippen LogP contribution in [0.3, 0.4) is 0 Å². The van der Waals surface area contributed by atoms with E-state index in [1.165, 1.54) is 18.2 Å². The Hall–Kier alpha value is -2.97. The molecule has 8 heteroatoms. The molecule has 1 N–H and O–H groups in total. The van der Waals surface area contributed by atoms with Crippen molar-refractivity contribution >= 4 is 11.6 Å². The summed E-state index contributed by atoms with van der Waals surface area (Å²) in [6.45, 7) is 2.38.